The van der Waals surface area contributed by atoms with Crippen LogP contribution >= 0.6 is 0 Å². The van der Waals surface area contributed by atoms with E-state index >= 15 is 0 Å². The number of rotatable bonds is 7. The lowest BCUT2D eigenvalue weighted by molar-refractivity contribution is -0.133. The van der Waals surface area contributed by atoms with Gasteiger partial charge in [-0.3, -0.25) is 9.59 Å². The number of ether oxygens (including phenoxy) is 1. The molecule has 0 radical (unpaired) electrons. The highest BCUT2D eigenvalue weighted by molar-refractivity contribution is 7.89. The number of para-hydroxylation sites is 1. The number of fused-ring (bicyclic) bond motifs is 1. The van der Waals surface area contributed by atoms with Crippen LogP contribution in [0.2, 0.25) is 0 Å². The Balaban J connectivity index is 1.76. The van der Waals surface area contributed by atoms with Gasteiger partial charge in [0.1, 0.15) is 11.2 Å². The molecule has 0 aliphatic carbocycles. The molecular weight excluding hydrogens is 410 g/mol. The topological polar surface area (TPSA) is 122 Å². The molecule has 1 fully saturated rings. The summed E-state index contributed by atoms with van der Waals surface area (Å²) in [6.07, 6.45) is 2.36. The summed E-state index contributed by atoms with van der Waals surface area (Å²) in [6, 6.07) is 4.85. The summed E-state index contributed by atoms with van der Waals surface area (Å²) in [4.78, 5) is 33.2. The lowest BCUT2D eigenvalue weighted by Crippen LogP contribution is -2.52. The first-order valence-corrected chi connectivity index (χ1v) is 10.9. The fraction of sp³-hybridized carbons (Fsp3) is 0.368. The highest BCUT2D eigenvalue weighted by Crippen LogP contribution is 2.29. The average molecular weight is 433 g/mol. The fourth-order valence-electron chi connectivity index (χ4n) is 3.16. The van der Waals surface area contributed by atoms with Crippen molar-refractivity contribution in [1.29, 1.82) is 0 Å². The monoisotopic (exact) mass is 433 g/mol. The van der Waals surface area contributed by atoms with Gasteiger partial charge in [0.15, 0.2) is 0 Å². The summed E-state index contributed by atoms with van der Waals surface area (Å²) in [5.74, 6) is -0.382. The van der Waals surface area contributed by atoms with Gasteiger partial charge in [-0.25, -0.2) is 18.4 Å². The van der Waals surface area contributed by atoms with E-state index in [2.05, 4.69) is 21.9 Å². The lowest BCUT2D eigenvalue weighted by Gasteiger charge is -2.34. The zero-order valence-corrected chi connectivity index (χ0v) is 17.4. The van der Waals surface area contributed by atoms with Crippen LogP contribution in [0.1, 0.15) is 6.92 Å². The van der Waals surface area contributed by atoms with Crippen LogP contribution < -0.4 is 10.1 Å². The van der Waals surface area contributed by atoms with Crippen LogP contribution in [0.3, 0.4) is 0 Å². The summed E-state index contributed by atoms with van der Waals surface area (Å²) < 4.78 is 33.3. The maximum Gasteiger partial charge on any atom is 0.245 e. The van der Waals surface area contributed by atoms with Gasteiger partial charge in [0.25, 0.3) is 0 Å². The number of nitrogens with zero attached hydrogens (tertiary/aromatic N) is 4. The van der Waals surface area contributed by atoms with Crippen molar-refractivity contribution in [2.75, 3.05) is 39.3 Å². The third-order valence-electron chi connectivity index (χ3n) is 4.68. The Kier molecular flexibility index (Phi) is 6.63. The summed E-state index contributed by atoms with van der Waals surface area (Å²) in [5.41, 5.74) is 0.293. The summed E-state index contributed by atoms with van der Waals surface area (Å²) in [5, 5.41) is 2.95. The Labute approximate surface area is 174 Å². The van der Waals surface area contributed by atoms with E-state index in [9.17, 15) is 18.0 Å². The molecule has 11 heteroatoms. The van der Waals surface area contributed by atoms with Gasteiger partial charge in [-0.2, -0.15) is 4.31 Å². The normalized spacial score (nSPS) is 15.0. The van der Waals surface area contributed by atoms with Crippen molar-refractivity contribution in [3.05, 3.63) is 37.2 Å². The standard InChI is InChI=1S/C19H23N5O5S/c1-3-16(25)20-12-17(26)23-8-10-24(11-9-23)30(27,28)15-7-5-6-14-18(15)21-13-22-19(14)29-4-2/h3,5-7,13H,1,4,8-12H2,2H3,(H,20,25). The van der Waals surface area contributed by atoms with Crippen LogP contribution in [0.15, 0.2) is 42.1 Å². The maximum absolute atomic E-state index is 13.3. The van der Waals surface area contributed by atoms with Crippen molar-refractivity contribution in [3.63, 3.8) is 0 Å². The van der Waals surface area contributed by atoms with Gasteiger partial charge in [0, 0.05) is 26.2 Å². The fourth-order valence-corrected chi connectivity index (χ4v) is 4.74. The predicted octanol–water partition coefficient (Wildman–Crippen LogP) is 0.164. The van der Waals surface area contributed by atoms with E-state index in [1.807, 2.05) is 6.92 Å². The molecule has 1 aromatic heterocycles. The number of amides is 2. The first-order chi connectivity index (χ1) is 14.4. The SMILES string of the molecule is C=CC(=O)NCC(=O)N1CCN(S(=O)(=O)c2cccc3c(OCC)ncnc23)CC1. The largest absolute Gasteiger partial charge is 0.477 e. The van der Waals surface area contributed by atoms with E-state index in [1.165, 1.54) is 21.6 Å². The maximum atomic E-state index is 13.3. The Bertz CT molecular complexity index is 1060. The quantitative estimate of drug-likeness (QED) is 0.618. The molecule has 1 aliphatic heterocycles. The Hall–Kier alpha value is -3.05. The molecule has 1 N–H and O–H groups in total. The van der Waals surface area contributed by atoms with Crippen LogP contribution in [0.4, 0.5) is 0 Å². The van der Waals surface area contributed by atoms with Gasteiger partial charge < -0.3 is 15.0 Å². The van der Waals surface area contributed by atoms with Gasteiger partial charge in [-0.15, -0.1) is 0 Å². The number of carbonyl (C=O) groups is 2. The molecule has 10 nitrogen and oxygen atoms in total. The molecule has 2 amide bonds. The molecule has 1 saturated heterocycles. The molecule has 0 bridgehead atoms. The van der Waals surface area contributed by atoms with E-state index in [4.69, 9.17) is 4.74 Å². The molecule has 2 heterocycles. The summed E-state index contributed by atoms with van der Waals surface area (Å²) in [6.45, 7) is 6.13. The number of nitrogens with one attached hydrogen (secondary N) is 1. The number of carbonyl (C=O) groups excluding carboxylic acids is 2. The van der Waals surface area contributed by atoms with Crippen molar-refractivity contribution < 1.29 is 22.7 Å². The van der Waals surface area contributed by atoms with Crippen molar-refractivity contribution in [3.8, 4) is 5.88 Å². The van der Waals surface area contributed by atoms with E-state index in [0.717, 1.165) is 6.08 Å². The van der Waals surface area contributed by atoms with Gasteiger partial charge >= 0.3 is 0 Å². The number of sulfonamides is 1. The number of aromatic nitrogens is 2. The van der Waals surface area contributed by atoms with E-state index < -0.39 is 15.9 Å². The molecule has 0 unspecified atom stereocenters. The Morgan fingerprint density at radius 1 is 1.23 bits per heavy atom. The summed E-state index contributed by atoms with van der Waals surface area (Å²) in [7, 11) is -3.83. The van der Waals surface area contributed by atoms with Crippen molar-refractivity contribution in [2.24, 2.45) is 0 Å². The molecule has 30 heavy (non-hydrogen) atoms. The van der Waals surface area contributed by atoms with Gasteiger partial charge in [-0.1, -0.05) is 12.6 Å². The number of piperazine rings is 1. The van der Waals surface area contributed by atoms with Gasteiger partial charge in [-0.05, 0) is 25.1 Å². The number of hydrogen-bond acceptors (Lipinski definition) is 7. The first-order valence-electron chi connectivity index (χ1n) is 9.43. The molecule has 3 rings (SSSR count). The van der Waals surface area contributed by atoms with Gasteiger partial charge in [0.2, 0.25) is 27.7 Å². The van der Waals surface area contributed by atoms with Crippen LogP contribution in [0.5, 0.6) is 5.88 Å². The third kappa shape index (κ3) is 4.41. The molecule has 160 valence electrons. The van der Waals surface area contributed by atoms with Gasteiger partial charge in [0.05, 0.1) is 24.1 Å². The van der Waals surface area contributed by atoms with Crippen molar-refractivity contribution in [2.45, 2.75) is 11.8 Å². The molecule has 0 spiro atoms. The second kappa shape index (κ2) is 9.18. The molecule has 1 aliphatic rings. The second-order valence-electron chi connectivity index (χ2n) is 6.47. The zero-order valence-electron chi connectivity index (χ0n) is 16.6. The number of benzene rings is 1. The highest BCUT2D eigenvalue weighted by Gasteiger charge is 2.32. The molecule has 2 aromatic rings. The minimum atomic E-state index is -3.83. The third-order valence-corrected chi connectivity index (χ3v) is 6.61. The second-order valence-corrected chi connectivity index (χ2v) is 8.38. The first kappa shape index (κ1) is 21.7. The lowest BCUT2D eigenvalue weighted by atomic mass is 10.2. The highest BCUT2D eigenvalue weighted by atomic mass is 32.2. The van der Waals surface area contributed by atoms with E-state index in [1.54, 1.807) is 12.1 Å². The molecule has 0 saturated carbocycles. The minimum Gasteiger partial charge on any atom is -0.477 e. The van der Waals surface area contributed by atoms with Crippen LogP contribution in [-0.2, 0) is 19.6 Å². The van der Waals surface area contributed by atoms with Crippen LogP contribution in [-0.4, -0.2) is 78.7 Å². The van der Waals surface area contributed by atoms with Crippen LogP contribution in [0, 0.1) is 0 Å². The predicted molar refractivity (Wildman–Crippen MR) is 109 cm³/mol. The zero-order chi connectivity index (χ0) is 21.7. The van der Waals surface area contributed by atoms with E-state index in [0.29, 0.717) is 23.4 Å². The average Bonchev–Trinajstić information content (AvgIpc) is 2.77. The molecule has 1 aromatic carbocycles. The van der Waals surface area contributed by atoms with Crippen molar-refractivity contribution >= 4 is 32.7 Å². The number of hydrogen-bond donors (Lipinski definition) is 1. The smallest absolute Gasteiger partial charge is 0.245 e. The van der Waals surface area contributed by atoms with Crippen molar-refractivity contribution in [1.82, 2.24) is 24.5 Å². The minimum absolute atomic E-state index is 0.0707. The van der Waals surface area contributed by atoms with Crippen LogP contribution in [0.25, 0.3) is 10.9 Å². The Morgan fingerprint density at radius 2 is 1.97 bits per heavy atom. The molecular formula is C19H23N5O5S. The van der Waals surface area contributed by atoms with E-state index in [-0.39, 0.29) is 43.5 Å². The molecule has 0 atom stereocenters. The summed E-state index contributed by atoms with van der Waals surface area (Å²) >= 11 is 0. The Morgan fingerprint density at radius 3 is 2.63 bits per heavy atom.